The van der Waals surface area contributed by atoms with Crippen LogP contribution in [0.15, 0.2) is 33.9 Å². The van der Waals surface area contributed by atoms with Crippen LogP contribution in [0.25, 0.3) is 11.4 Å². The summed E-state index contributed by atoms with van der Waals surface area (Å²) in [6.07, 6.45) is 0. The third kappa shape index (κ3) is 4.12. The van der Waals surface area contributed by atoms with Gasteiger partial charge in [-0.25, -0.2) is 4.98 Å². The van der Waals surface area contributed by atoms with Crippen LogP contribution in [-0.2, 0) is 4.79 Å². The van der Waals surface area contributed by atoms with Crippen molar-refractivity contribution in [2.75, 3.05) is 12.8 Å². The Hall–Kier alpha value is -1.85. The van der Waals surface area contributed by atoms with Gasteiger partial charge in [0.25, 0.3) is 0 Å². The standard InChI is InChI=1S/C15H16BrN5OS/c1-15(2,9-17)21(3)12(22)8-23-14-18-13(19-20-14)10-6-4-5-7-11(10)16/h4-7H,8H2,1-3H3,(H,18,19,20). The number of thioether (sulfide) groups is 1. The second-order valence-corrected chi connectivity index (χ2v) is 7.16. The van der Waals surface area contributed by atoms with Crippen LogP contribution in [0.5, 0.6) is 0 Å². The molecular formula is C15H16BrN5OS. The number of hydrogen-bond donors (Lipinski definition) is 1. The summed E-state index contributed by atoms with van der Waals surface area (Å²) in [5.74, 6) is 0.668. The lowest BCUT2D eigenvalue weighted by Crippen LogP contribution is -2.44. The van der Waals surface area contributed by atoms with Gasteiger partial charge in [-0.15, -0.1) is 5.10 Å². The van der Waals surface area contributed by atoms with Gasteiger partial charge in [-0.05, 0) is 19.9 Å². The van der Waals surface area contributed by atoms with E-state index in [1.165, 1.54) is 16.7 Å². The van der Waals surface area contributed by atoms with Crippen molar-refractivity contribution in [3.63, 3.8) is 0 Å². The van der Waals surface area contributed by atoms with E-state index >= 15 is 0 Å². The van der Waals surface area contributed by atoms with E-state index in [1.54, 1.807) is 20.9 Å². The number of carbonyl (C=O) groups excluding carboxylic acids is 1. The van der Waals surface area contributed by atoms with Crippen molar-refractivity contribution in [2.45, 2.75) is 24.5 Å². The first-order valence-corrected chi connectivity index (χ1v) is 8.61. The highest BCUT2D eigenvalue weighted by atomic mass is 79.9. The summed E-state index contributed by atoms with van der Waals surface area (Å²) in [6.45, 7) is 3.40. The molecule has 6 nitrogen and oxygen atoms in total. The first kappa shape index (κ1) is 17.5. The van der Waals surface area contributed by atoms with E-state index in [4.69, 9.17) is 5.26 Å². The predicted octanol–water partition coefficient (Wildman–Crippen LogP) is 3.09. The van der Waals surface area contributed by atoms with E-state index in [0.29, 0.717) is 11.0 Å². The van der Waals surface area contributed by atoms with Crippen LogP contribution >= 0.6 is 27.7 Å². The van der Waals surface area contributed by atoms with Crippen LogP contribution in [0.2, 0.25) is 0 Å². The van der Waals surface area contributed by atoms with Gasteiger partial charge in [0.05, 0.1) is 11.8 Å². The predicted molar refractivity (Wildman–Crippen MR) is 92.7 cm³/mol. The molecule has 1 N–H and O–H groups in total. The van der Waals surface area contributed by atoms with Gasteiger partial charge in [-0.2, -0.15) is 5.26 Å². The van der Waals surface area contributed by atoms with Gasteiger partial charge in [0.1, 0.15) is 5.54 Å². The van der Waals surface area contributed by atoms with Crippen LogP contribution in [-0.4, -0.2) is 44.3 Å². The van der Waals surface area contributed by atoms with E-state index in [2.05, 4.69) is 37.2 Å². The van der Waals surface area contributed by atoms with E-state index in [0.717, 1.165) is 10.0 Å². The van der Waals surface area contributed by atoms with Gasteiger partial charge >= 0.3 is 0 Å². The smallest absolute Gasteiger partial charge is 0.234 e. The molecule has 0 aliphatic heterocycles. The molecule has 1 aromatic carbocycles. The molecule has 23 heavy (non-hydrogen) atoms. The van der Waals surface area contributed by atoms with Crippen LogP contribution < -0.4 is 0 Å². The molecule has 1 heterocycles. The molecule has 0 fully saturated rings. The summed E-state index contributed by atoms with van der Waals surface area (Å²) in [5.41, 5.74) is 0.0670. The number of rotatable bonds is 5. The molecule has 1 amide bonds. The Labute approximate surface area is 147 Å². The molecule has 8 heteroatoms. The summed E-state index contributed by atoms with van der Waals surface area (Å²) in [6, 6.07) is 9.79. The zero-order chi connectivity index (χ0) is 17.0. The molecule has 0 aliphatic carbocycles. The van der Waals surface area contributed by atoms with Crippen molar-refractivity contribution in [3.8, 4) is 17.5 Å². The van der Waals surface area contributed by atoms with Gasteiger partial charge < -0.3 is 4.90 Å². The summed E-state index contributed by atoms with van der Waals surface area (Å²) < 4.78 is 0.916. The Morgan fingerprint density at radius 2 is 2.17 bits per heavy atom. The highest BCUT2D eigenvalue weighted by molar-refractivity contribution is 9.10. The Bertz CT molecular complexity index is 752. The molecule has 0 aliphatic rings. The van der Waals surface area contributed by atoms with E-state index in [1.807, 2.05) is 24.3 Å². The molecule has 0 saturated heterocycles. The van der Waals surface area contributed by atoms with E-state index in [-0.39, 0.29) is 11.7 Å². The largest absolute Gasteiger partial charge is 0.327 e. The first-order chi connectivity index (χ1) is 10.8. The molecule has 0 spiro atoms. The zero-order valence-corrected chi connectivity index (χ0v) is 15.4. The fourth-order valence-electron chi connectivity index (χ4n) is 1.69. The molecule has 0 bridgehead atoms. The molecule has 0 radical (unpaired) electrons. The highest BCUT2D eigenvalue weighted by Gasteiger charge is 2.27. The van der Waals surface area contributed by atoms with Crippen LogP contribution in [0, 0.1) is 11.3 Å². The number of nitrogens with zero attached hydrogens (tertiary/aromatic N) is 4. The maximum absolute atomic E-state index is 12.1. The number of carbonyl (C=O) groups is 1. The SMILES string of the molecule is CN(C(=O)CSc1n[nH]c(-c2ccccc2Br)n1)C(C)(C)C#N. The van der Waals surface area contributed by atoms with Crippen molar-refractivity contribution in [1.29, 1.82) is 5.26 Å². The van der Waals surface area contributed by atoms with Crippen molar-refractivity contribution >= 4 is 33.6 Å². The average Bonchev–Trinajstić information content (AvgIpc) is 3.01. The van der Waals surface area contributed by atoms with Crippen molar-refractivity contribution in [1.82, 2.24) is 20.1 Å². The molecule has 2 rings (SSSR count). The molecule has 1 aromatic heterocycles. The second kappa shape index (κ2) is 7.15. The van der Waals surface area contributed by atoms with E-state index < -0.39 is 5.54 Å². The van der Waals surface area contributed by atoms with Crippen molar-refractivity contribution in [3.05, 3.63) is 28.7 Å². The van der Waals surface area contributed by atoms with E-state index in [9.17, 15) is 4.79 Å². The minimum Gasteiger partial charge on any atom is -0.327 e. The number of nitriles is 1. The molecule has 0 saturated carbocycles. The monoisotopic (exact) mass is 393 g/mol. The highest BCUT2D eigenvalue weighted by Crippen LogP contribution is 2.26. The third-order valence-electron chi connectivity index (χ3n) is 3.40. The maximum Gasteiger partial charge on any atom is 0.234 e. The fourth-order valence-corrected chi connectivity index (χ4v) is 2.88. The summed E-state index contributed by atoms with van der Waals surface area (Å²) in [4.78, 5) is 18.0. The van der Waals surface area contributed by atoms with Crippen LogP contribution in [0.3, 0.4) is 0 Å². The summed E-state index contributed by atoms with van der Waals surface area (Å²) >= 11 is 4.70. The van der Waals surface area contributed by atoms with Gasteiger partial charge in [0, 0.05) is 17.1 Å². The average molecular weight is 394 g/mol. The van der Waals surface area contributed by atoms with Crippen LogP contribution in [0.1, 0.15) is 13.8 Å². The fraction of sp³-hybridized carbons (Fsp3) is 0.333. The van der Waals surface area contributed by atoms with Gasteiger partial charge in [-0.3, -0.25) is 9.89 Å². The number of aromatic amines is 1. The quantitative estimate of drug-likeness (QED) is 0.788. The topological polar surface area (TPSA) is 85.7 Å². The number of nitrogens with one attached hydrogen (secondary N) is 1. The first-order valence-electron chi connectivity index (χ1n) is 6.83. The van der Waals surface area contributed by atoms with Gasteiger partial charge in [-0.1, -0.05) is 45.9 Å². The lowest BCUT2D eigenvalue weighted by molar-refractivity contribution is -0.130. The lowest BCUT2D eigenvalue weighted by atomic mass is 10.1. The minimum atomic E-state index is -0.837. The number of halogens is 1. The number of H-pyrrole nitrogens is 1. The van der Waals surface area contributed by atoms with Crippen molar-refractivity contribution in [2.24, 2.45) is 0 Å². The lowest BCUT2D eigenvalue weighted by Gasteiger charge is -2.28. The van der Waals surface area contributed by atoms with Crippen molar-refractivity contribution < 1.29 is 4.79 Å². The maximum atomic E-state index is 12.1. The van der Waals surface area contributed by atoms with Crippen LogP contribution in [0.4, 0.5) is 0 Å². The minimum absolute atomic E-state index is 0.145. The number of hydrogen-bond acceptors (Lipinski definition) is 5. The second-order valence-electron chi connectivity index (χ2n) is 5.36. The zero-order valence-electron chi connectivity index (χ0n) is 13.0. The number of aromatic nitrogens is 3. The third-order valence-corrected chi connectivity index (χ3v) is 4.93. The Kier molecular flexibility index (Phi) is 5.44. The molecule has 0 atom stereocenters. The molecule has 2 aromatic rings. The van der Waals surface area contributed by atoms with Gasteiger partial charge in [0.2, 0.25) is 11.1 Å². The number of benzene rings is 1. The molecular weight excluding hydrogens is 378 g/mol. The normalized spacial score (nSPS) is 11.1. The molecule has 0 unspecified atom stereocenters. The summed E-state index contributed by atoms with van der Waals surface area (Å²) in [7, 11) is 1.62. The number of amides is 1. The Morgan fingerprint density at radius 3 is 2.83 bits per heavy atom. The summed E-state index contributed by atoms with van der Waals surface area (Å²) in [5, 5.41) is 16.5. The van der Waals surface area contributed by atoms with Gasteiger partial charge in [0.15, 0.2) is 5.82 Å². The molecule has 120 valence electrons. The Morgan fingerprint density at radius 1 is 1.48 bits per heavy atom. The Balaban J connectivity index is 2.02.